The summed E-state index contributed by atoms with van der Waals surface area (Å²) >= 11 is 3.25. The number of piperidine rings is 1. The number of carbonyl (C=O) groups is 1. The molecule has 2 aromatic rings. The van der Waals surface area contributed by atoms with Gasteiger partial charge in [-0.1, -0.05) is 0 Å². The normalized spacial score (nSPS) is 22.5. The van der Waals surface area contributed by atoms with E-state index < -0.39 is 12.2 Å². The summed E-state index contributed by atoms with van der Waals surface area (Å²) in [5.41, 5.74) is 0.991. The van der Waals surface area contributed by atoms with Crippen LogP contribution in [0.15, 0.2) is 21.2 Å². The summed E-state index contributed by atoms with van der Waals surface area (Å²) in [5.74, 6) is 0. The summed E-state index contributed by atoms with van der Waals surface area (Å²) < 4.78 is 6.16. The minimum absolute atomic E-state index is 0.121. The highest BCUT2D eigenvalue weighted by Gasteiger charge is 2.29. The van der Waals surface area contributed by atoms with E-state index in [1.807, 2.05) is 0 Å². The minimum atomic E-state index is -1.05. The smallest absolute Gasteiger partial charge is 0.407 e. The number of oxazole rings is 1. The highest BCUT2D eigenvalue weighted by atomic mass is 79.9. The minimum Gasteiger partial charge on any atom is -0.465 e. The molecule has 1 aliphatic rings. The van der Waals surface area contributed by atoms with Crippen molar-refractivity contribution < 1.29 is 19.4 Å². The van der Waals surface area contributed by atoms with Crippen molar-refractivity contribution in [1.82, 2.24) is 14.9 Å². The third kappa shape index (κ3) is 3.08. The third-order valence-corrected chi connectivity index (χ3v) is 3.69. The highest BCUT2D eigenvalue weighted by Crippen LogP contribution is 2.22. The Morgan fingerprint density at radius 3 is 3.00 bits per heavy atom. The van der Waals surface area contributed by atoms with Crippen molar-refractivity contribution in [3.63, 3.8) is 0 Å². The second-order valence-electron chi connectivity index (χ2n) is 4.89. The standard InChI is InChI=1S/C12H13BrN4O4/c13-9-2-1-8-10(15-9)16-11(21-8)14-6-3-7(18)5-17(4-6)12(19)20/h1-2,6-7,18H,3-5H2,(H,19,20)(H,14,15,16). The zero-order valence-corrected chi connectivity index (χ0v) is 12.4. The van der Waals surface area contributed by atoms with E-state index in [0.717, 1.165) is 0 Å². The van der Waals surface area contributed by atoms with Crippen molar-refractivity contribution >= 4 is 39.3 Å². The van der Waals surface area contributed by atoms with Crippen molar-refractivity contribution in [3.8, 4) is 0 Å². The molecule has 0 aromatic carbocycles. The second-order valence-corrected chi connectivity index (χ2v) is 5.71. The van der Waals surface area contributed by atoms with Gasteiger partial charge in [-0.25, -0.2) is 9.78 Å². The molecule has 1 amide bonds. The molecule has 3 heterocycles. The number of β-amino-alcohol motifs (C(OH)–C–C–N with tert-alkyl or cyclic N) is 1. The van der Waals surface area contributed by atoms with E-state index in [9.17, 15) is 9.90 Å². The molecular formula is C12H13BrN4O4. The van der Waals surface area contributed by atoms with Crippen LogP contribution in [-0.4, -0.2) is 56.4 Å². The largest absolute Gasteiger partial charge is 0.465 e. The number of amides is 1. The summed E-state index contributed by atoms with van der Waals surface area (Å²) in [6.45, 7) is 0.387. The first-order valence-corrected chi connectivity index (χ1v) is 7.16. The Hall–Kier alpha value is -1.87. The maximum absolute atomic E-state index is 11.0. The van der Waals surface area contributed by atoms with E-state index in [-0.39, 0.29) is 25.1 Å². The van der Waals surface area contributed by atoms with Crippen molar-refractivity contribution in [2.45, 2.75) is 18.6 Å². The number of aromatic nitrogens is 2. The van der Waals surface area contributed by atoms with Gasteiger partial charge in [-0.3, -0.25) is 0 Å². The summed E-state index contributed by atoms with van der Waals surface area (Å²) in [6.07, 6.45) is -1.33. The van der Waals surface area contributed by atoms with Gasteiger partial charge in [0.25, 0.3) is 6.01 Å². The van der Waals surface area contributed by atoms with E-state index in [1.54, 1.807) is 12.1 Å². The fourth-order valence-electron chi connectivity index (χ4n) is 2.37. The number of likely N-dealkylation sites (tertiary alicyclic amines) is 1. The molecule has 2 unspecified atom stereocenters. The number of aliphatic hydroxyl groups excluding tert-OH is 1. The molecule has 3 rings (SSSR count). The topological polar surface area (TPSA) is 112 Å². The maximum atomic E-state index is 11.0. The van der Waals surface area contributed by atoms with Gasteiger partial charge in [0.05, 0.1) is 18.7 Å². The molecule has 2 atom stereocenters. The van der Waals surface area contributed by atoms with E-state index in [0.29, 0.717) is 22.3 Å². The number of anilines is 1. The number of pyridine rings is 1. The highest BCUT2D eigenvalue weighted by molar-refractivity contribution is 9.10. The molecule has 1 saturated heterocycles. The molecule has 0 aliphatic carbocycles. The van der Waals surface area contributed by atoms with E-state index in [2.05, 4.69) is 31.2 Å². The lowest BCUT2D eigenvalue weighted by Gasteiger charge is -2.33. The first-order valence-electron chi connectivity index (χ1n) is 6.37. The van der Waals surface area contributed by atoms with Crippen LogP contribution in [0, 0.1) is 0 Å². The molecule has 112 valence electrons. The number of hydrogen-bond donors (Lipinski definition) is 3. The lowest BCUT2D eigenvalue weighted by atomic mass is 10.0. The molecule has 1 fully saturated rings. The average molecular weight is 357 g/mol. The van der Waals surface area contributed by atoms with Gasteiger partial charge in [0, 0.05) is 6.54 Å². The molecule has 0 bridgehead atoms. The molecule has 0 saturated carbocycles. The summed E-state index contributed by atoms with van der Waals surface area (Å²) in [5, 5.41) is 21.8. The quantitative estimate of drug-likeness (QED) is 0.699. The number of hydrogen-bond acceptors (Lipinski definition) is 6. The van der Waals surface area contributed by atoms with E-state index >= 15 is 0 Å². The molecule has 21 heavy (non-hydrogen) atoms. The van der Waals surface area contributed by atoms with Gasteiger partial charge in [-0.05, 0) is 34.5 Å². The van der Waals surface area contributed by atoms with Crippen LogP contribution in [0.1, 0.15) is 6.42 Å². The Kier molecular flexibility index (Phi) is 3.68. The molecule has 0 radical (unpaired) electrons. The lowest BCUT2D eigenvalue weighted by molar-refractivity contribution is 0.0604. The van der Waals surface area contributed by atoms with Crippen LogP contribution >= 0.6 is 15.9 Å². The Balaban J connectivity index is 1.76. The SMILES string of the molecule is O=C(O)N1CC(O)CC(Nc2nc3nc(Br)ccc3o2)C1. The first kappa shape index (κ1) is 14.1. The summed E-state index contributed by atoms with van der Waals surface area (Å²) in [6, 6.07) is 3.49. The fraction of sp³-hybridized carbons (Fsp3) is 0.417. The van der Waals surface area contributed by atoms with Gasteiger partial charge in [-0.15, -0.1) is 0 Å². The number of halogens is 1. The average Bonchev–Trinajstić information content (AvgIpc) is 2.79. The monoisotopic (exact) mass is 356 g/mol. The Morgan fingerprint density at radius 1 is 1.43 bits per heavy atom. The fourth-order valence-corrected chi connectivity index (χ4v) is 2.67. The summed E-state index contributed by atoms with van der Waals surface area (Å²) in [4.78, 5) is 20.5. The van der Waals surface area contributed by atoms with Crippen molar-refractivity contribution in [2.75, 3.05) is 18.4 Å². The summed E-state index contributed by atoms with van der Waals surface area (Å²) in [7, 11) is 0. The van der Waals surface area contributed by atoms with Gasteiger partial charge in [0.2, 0.25) is 5.65 Å². The second kappa shape index (κ2) is 5.49. The van der Waals surface area contributed by atoms with Crippen LogP contribution in [0.3, 0.4) is 0 Å². The first-order chi connectivity index (χ1) is 10.0. The van der Waals surface area contributed by atoms with Crippen molar-refractivity contribution in [2.24, 2.45) is 0 Å². The zero-order chi connectivity index (χ0) is 15.0. The van der Waals surface area contributed by atoms with E-state index in [4.69, 9.17) is 9.52 Å². The molecule has 9 heteroatoms. The number of nitrogens with one attached hydrogen (secondary N) is 1. The lowest BCUT2D eigenvalue weighted by Crippen LogP contribution is -2.50. The number of carboxylic acid groups (broad SMARTS) is 1. The molecule has 0 spiro atoms. The Bertz CT molecular complexity index is 676. The zero-order valence-electron chi connectivity index (χ0n) is 10.9. The predicted molar refractivity (Wildman–Crippen MR) is 77.1 cm³/mol. The number of nitrogens with zero attached hydrogens (tertiary/aromatic N) is 3. The molecule has 2 aromatic heterocycles. The number of rotatable bonds is 2. The Morgan fingerprint density at radius 2 is 2.24 bits per heavy atom. The number of aliphatic hydroxyl groups is 1. The van der Waals surface area contributed by atoms with Gasteiger partial charge >= 0.3 is 6.09 Å². The molecule has 8 nitrogen and oxygen atoms in total. The molecular weight excluding hydrogens is 344 g/mol. The maximum Gasteiger partial charge on any atom is 0.407 e. The van der Waals surface area contributed by atoms with Crippen LogP contribution in [0.4, 0.5) is 10.8 Å². The number of fused-ring (bicyclic) bond motifs is 1. The Labute approximate surface area is 127 Å². The van der Waals surface area contributed by atoms with Gasteiger partial charge in [0.1, 0.15) is 4.60 Å². The van der Waals surface area contributed by atoms with Gasteiger partial charge < -0.3 is 24.8 Å². The van der Waals surface area contributed by atoms with Crippen LogP contribution in [0.2, 0.25) is 0 Å². The molecule has 1 aliphatic heterocycles. The van der Waals surface area contributed by atoms with Crippen molar-refractivity contribution in [1.29, 1.82) is 0 Å². The van der Waals surface area contributed by atoms with Gasteiger partial charge in [0.15, 0.2) is 5.58 Å². The predicted octanol–water partition coefficient (Wildman–Crippen LogP) is 1.51. The van der Waals surface area contributed by atoms with Crippen molar-refractivity contribution in [3.05, 3.63) is 16.7 Å². The van der Waals surface area contributed by atoms with Crippen LogP contribution in [0.25, 0.3) is 11.2 Å². The van der Waals surface area contributed by atoms with Gasteiger partial charge in [-0.2, -0.15) is 4.98 Å². The molecule has 3 N–H and O–H groups in total. The van der Waals surface area contributed by atoms with E-state index in [1.165, 1.54) is 4.90 Å². The van der Waals surface area contributed by atoms with Crippen LogP contribution in [0.5, 0.6) is 0 Å². The third-order valence-electron chi connectivity index (χ3n) is 3.25. The van der Waals surface area contributed by atoms with Crippen LogP contribution in [-0.2, 0) is 0 Å². The van der Waals surface area contributed by atoms with Crippen LogP contribution < -0.4 is 5.32 Å².